The van der Waals surface area contributed by atoms with Crippen molar-refractivity contribution < 1.29 is 23.9 Å². The Balaban J connectivity index is 1.84. The Labute approximate surface area is 166 Å². The van der Waals surface area contributed by atoms with Crippen LogP contribution in [0.3, 0.4) is 0 Å². The molecule has 0 heterocycles. The Kier molecular flexibility index (Phi) is 7.16. The summed E-state index contributed by atoms with van der Waals surface area (Å²) in [5.74, 6) is -1.40. The van der Waals surface area contributed by atoms with E-state index in [4.69, 9.17) is 9.47 Å². The zero-order valence-electron chi connectivity index (χ0n) is 13.5. The summed E-state index contributed by atoms with van der Waals surface area (Å²) in [6.07, 6.45) is 0. The minimum atomic E-state index is -0.704. The second-order valence-electron chi connectivity index (χ2n) is 4.93. The van der Waals surface area contributed by atoms with Crippen LogP contribution in [0.25, 0.3) is 0 Å². The summed E-state index contributed by atoms with van der Waals surface area (Å²) in [6, 6.07) is 11.4. The number of halogens is 2. The maximum atomic E-state index is 12.1. The van der Waals surface area contributed by atoms with Gasteiger partial charge in [0.1, 0.15) is 5.75 Å². The first-order valence-corrected chi connectivity index (χ1v) is 8.84. The largest absolute Gasteiger partial charge is 0.497 e. The lowest BCUT2D eigenvalue weighted by molar-refractivity contribution is -0.125. The van der Waals surface area contributed by atoms with Crippen molar-refractivity contribution in [1.29, 1.82) is 0 Å². The van der Waals surface area contributed by atoms with Crippen LogP contribution in [0.2, 0.25) is 0 Å². The van der Waals surface area contributed by atoms with Gasteiger partial charge < -0.3 is 9.47 Å². The summed E-state index contributed by atoms with van der Waals surface area (Å²) in [7, 11) is 1.47. The maximum absolute atomic E-state index is 12.1. The van der Waals surface area contributed by atoms with Crippen molar-refractivity contribution in [3.63, 3.8) is 0 Å². The average Bonchev–Trinajstić information content (AvgIpc) is 2.65. The molecule has 0 radical (unpaired) electrons. The van der Waals surface area contributed by atoms with E-state index in [2.05, 4.69) is 42.7 Å². The molecule has 2 amide bonds. The predicted molar refractivity (Wildman–Crippen MR) is 101 cm³/mol. The van der Waals surface area contributed by atoms with Crippen molar-refractivity contribution in [2.45, 2.75) is 0 Å². The van der Waals surface area contributed by atoms with Gasteiger partial charge in [0, 0.05) is 14.5 Å². The molecule has 7 nitrogen and oxygen atoms in total. The number of rotatable bonds is 5. The van der Waals surface area contributed by atoms with Gasteiger partial charge in [-0.3, -0.25) is 20.4 Å². The maximum Gasteiger partial charge on any atom is 0.339 e. The van der Waals surface area contributed by atoms with Gasteiger partial charge in [-0.1, -0.05) is 15.9 Å². The van der Waals surface area contributed by atoms with Crippen molar-refractivity contribution in [3.8, 4) is 5.75 Å². The van der Waals surface area contributed by atoms with Gasteiger partial charge in [0.15, 0.2) is 6.61 Å². The molecular weight excluding hydrogens is 472 g/mol. The molecule has 9 heteroatoms. The molecule has 2 aromatic rings. The number of esters is 1. The van der Waals surface area contributed by atoms with E-state index in [-0.39, 0.29) is 5.56 Å². The molecule has 0 aliphatic carbocycles. The van der Waals surface area contributed by atoms with Crippen LogP contribution in [0, 0.1) is 0 Å². The Bertz CT molecular complexity index is 824. The number of nitrogens with one attached hydrogen (secondary N) is 2. The third-order valence-electron chi connectivity index (χ3n) is 3.15. The normalized spacial score (nSPS) is 9.96. The smallest absolute Gasteiger partial charge is 0.339 e. The minimum Gasteiger partial charge on any atom is -0.497 e. The topological polar surface area (TPSA) is 93.7 Å². The van der Waals surface area contributed by atoms with Gasteiger partial charge in [-0.15, -0.1) is 0 Å². The Morgan fingerprint density at radius 3 is 2.35 bits per heavy atom. The van der Waals surface area contributed by atoms with E-state index < -0.39 is 24.4 Å². The van der Waals surface area contributed by atoms with Crippen molar-refractivity contribution in [3.05, 3.63) is 62.5 Å². The van der Waals surface area contributed by atoms with E-state index in [1.165, 1.54) is 13.2 Å². The van der Waals surface area contributed by atoms with Crippen LogP contribution in [-0.2, 0) is 9.53 Å². The predicted octanol–water partition coefficient (Wildman–Crippen LogP) is 2.84. The highest BCUT2D eigenvalue weighted by atomic mass is 79.9. The Hall–Kier alpha value is -2.39. The van der Waals surface area contributed by atoms with E-state index >= 15 is 0 Å². The molecule has 2 aromatic carbocycles. The van der Waals surface area contributed by atoms with Gasteiger partial charge in [-0.05, 0) is 58.4 Å². The van der Waals surface area contributed by atoms with Crippen molar-refractivity contribution in [1.82, 2.24) is 10.9 Å². The number of amides is 2. The molecule has 0 spiro atoms. The van der Waals surface area contributed by atoms with Crippen LogP contribution >= 0.6 is 31.9 Å². The van der Waals surface area contributed by atoms with E-state index in [0.29, 0.717) is 15.8 Å². The molecule has 0 bridgehead atoms. The fourth-order valence-corrected chi connectivity index (χ4v) is 2.51. The fraction of sp³-hybridized carbons (Fsp3) is 0.118. The number of hydrogen-bond acceptors (Lipinski definition) is 5. The van der Waals surface area contributed by atoms with Gasteiger partial charge in [-0.25, -0.2) is 4.79 Å². The van der Waals surface area contributed by atoms with Crippen LogP contribution in [-0.4, -0.2) is 31.5 Å². The molecule has 26 heavy (non-hydrogen) atoms. The molecule has 0 aliphatic rings. The number of ether oxygens (including phenoxy) is 2. The number of hydrazine groups is 1. The Morgan fingerprint density at radius 2 is 1.69 bits per heavy atom. The van der Waals surface area contributed by atoms with Crippen LogP contribution in [0.5, 0.6) is 5.75 Å². The van der Waals surface area contributed by atoms with Crippen LogP contribution in [0.1, 0.15) is 20.7 Å². The van der Waals surface area contributed by atoms with E-state index in [0.717, 1.165) is 4.47 Å². The highest BCUT2D eigenvalue weighted by Crippen LogP contribution is 2.23. The lowest BCUT2D eigenvalue weighted by atomic mass is 10.2. The summed E-state index contributed by atoms with van der Waals surface area (Å²) < 4.78 is 11.3. The molecular formula is C17H14Br2N2O5. The van der Waals surface area contributed by atoms with Crippen molar-refractivity contribution in [2.24, 2.45) is 0 Å². The third-order valence-corrected chi connectivity index (χ3v) is 4.37. The summed E-state index contributed by atoms with van der Waals surface area (Å²) in [5, 5.41) is 0. The summed E-state index contributed by atoms with van der Waals surface area (Å²) in [6.45, 7) is -0.552. The summed E-state index contributed by atoms with van der Waals surface area (Å²) in [5.41, 5.74) is 5.00. The fourth-order valence-electron chi connectivity index (χ4n) is 1.83. The van der Waals surface area contributed by atoms with Gasteiger partial charge in [0.2, 0.25) is 0 Å². The average molecular weight is 486 g/mol. The van der Waals surface area contributed by atoms with E-state index in [1.807, 2.05) is 0 Å². The molecule has 0 unspecified atom stereocenters. The summed E-state index contributed by atoms with van der Waals surface area (Å²) >= 11 is 6.49. The first-order valence-electron chi connectivity index (χ1n) is 7.26. The molecule has 2 rings (SSSR count). The number of benzene rings is 2. The van der Waals surface area contributed by atoms with Crippen LogP contribution in [0.15, 0.2) is 51.4 Å². The lowest BCUT2D eigenvalue weighted by Crippen LogP contribution is -2.43. The second-order valence-corrected chi connectivity index (χ2v) is 6.70. The van der Waals surface area contributed by atoms with Crippen molar-refractivity contribution >= 4 is 49.6 Å². The first kappa shape index (κ1) is 19.9. The Morgan fingerprint density at radius 1 is 1.00 bits per heavy atom. The molecule has 0 saturated carbocycles. The monoisotopic (exact) mass is 484 g/mol. The zero-order valence-corrected chi connectivity index (χ0v) is 16.7. The molecule has 0 saturated heterocycles. The SMILES string of the molecule is COc1ccc(Br)c(C(=O)OCC(=O)NNC(=O)c2ccc(Br)cc2)c1. The summed E-state index contributed by atoms with van der Waals surface area (Å²) in [4.78, 5) is 35.6. The second kappa shape index (κ2) is 9.35. The molecule has 0 aromatic heterocycles. The van der Waals surface area contributed by atoms with Gasteiger partial charge in [0.05, 0.1) is 12.7 Å². The van der Waals surface area contributed by atoms with Gasteiger partial charge >= 0.3 is 5.97 Å². The van der Waals surface area contributed by atoms with E-state index in [1.54, 1.807) is 36.4 Å². The van der Waals surface area contributed by atoms with Crippen molar-refractivity contribution in [2.75, 3.05) is 13.7 Å². The number of methoxy groups -OCH3 is 1. The third kappa shape index (κ3) is 5.57. The minimum absolute atomic E-state index is 0.219. The number of carbonyl (C=O) groups is 3. The number of hydrogen-bond donors (Lipinski definition) is 2. The highest BCUT2D eigenvalue weighted by Gasteiger charge is 2.15. The highest BCUT2D eigenvalue weighted by molar-refractivity contribution is 9.10. The van der Waals surface area contributed by atoms with Crippen LogP contribution < -0.4 is 15.6 Å². The molecule has 0 atom stereocenters. The first-order chi connectivity index (χ1) is 12.4. The zero-order chi connectivity index (χ0) is 19.1. The quantitative estimate of drug-likeness (QED) is 0.501. The molecule has 0 aliphatic heterocycles. The molecule has 0 fully saturated rings. The lowest BCUT2D eigenvalue weighted by Gasteiger charge is -2.09. The molecule has 2 N–H and O–H groups in total. The van der Waals surface area contributed by atoms with Crippen LogP contribution in [0.4, 0.5) is 0 Å². The number of carbonyl (C=O) groups excluding carboxylic acids is 3. The molecule has 136 valence electrons. The van der Waals surface area contributed by atoms with E-state index in [9.17, 15) is 14.4 Å². The van der Waals surface area contributed by atoms with Gasteiger partial charge in [0.25, 0.3) is 11.8 Å². The van der Waals surface area contributed by atoms with Gasteiger partial charge in [-0.2, -0.15) is 0 Å². The standard InChI is InChI=1S/C17H14Br2N2O5/c1-25-12-6-7-14(19)13(8-12)17(24)26-9-15(22)20-21-16(23)10-2-4-11(18)5-3-10/h2-8H,9H2,1H3,(H,20,22)(H,21,23).